The molecule has 56 valence electrons. The average Bonchev–Trinajstić information content (AvgIpc) is 2.04. The maximum Gasteiger partial charge on any atom is 0.269 e. The lowest BCUT2D eigenvalue weighted by atomic mass is 10.2. The van der Waals surface area contributed by atoms with E-state index < -0.39 is 4.92 Å². The van der Waals surface area contributed by atoms with Gasteiger partial charge < -0.3 is 0 Å². The zero-order valence-corrected chi connectivity index (χ0v) is 5.48. The number of carbonyl (C=O) groups is 1. The predicted molar refractivity (Wildman–Crippen MR) is 38.5 cm³/mol. The molecule has 0 unspecified atom stereocenters. The highest BCUT2D eigenvalue weighted by atomic mass is 16.6. The maximum atomic E-state index is 10.2. The molecule has 0 bridgehead atoms. The van der Waals surface area contributed by atoms with Crippen LogP contribution in [0.2, 0.25) is 0 Å². The Morgan fingerprint density at radius 2 is 2.27 bits per heavy atom. The van der Waals surface area contributed by atoms with Crippen LogP contribution in [0.5, 0.6) is 0 Å². The van der Waals surface area contributed by atoms with Crippen LogP contribution in [0.1, 0.15) is 11.7 Å². The first-order chi connectivity index (χ1) is 5.65. The lowest BCUT2D eigenvalue weighted by molar-refractivity contribution is -0.384. The molecule has 11 heavy (non-hydrogen) atoms. The van der Waals surface area contributed by atoms with Gasteiger partial charge in [0.05, 0.1) is 6.29 Å². The van der Waals surface area contributed by atoms with Crippen LogP contribution in [0.25, 0.3) is 0 Å². The Morgan fingerprint density at radius 1 is 1.55 bits per heavy atom. The molecular weight excluding hydrogens is 146 g/mol. The summed E-state index contributed by atoms with van der Waals surface area (Å²) in [5, 5.41) is 10.2. The molecule has 0 heterocycles. The van der Waals surface area contributed by atoms with E-state index in [9.17, 15) is 14.9 Å². The SMILES string of the molecule is [2H]c1cc([N+](=O)[O-])ccc1C=O. The number of non-ortho nitro benzene ring substituents is 1. The first-order valence-corrected chi connectivity index (χ1v) is 2.85. The van der Waals surface area contributed by atoms with E-state index in [0.29, 0.717) is 6.29 Å². The molecule has 1 aromatic carbocycles. The Bertz CT molecular complexity index is 337. The summed E-state index contributed by atoms with van der Waals surface area (Å²) in [6.07, 6.45) is 0.492. The molecule has 0 fully saturated rings. The van der Waals surface area contributed by atoms with E-state index in [1.54, 1.807) is 0 Å². The van der Waals surface area contributed by atoms with Crippen LogP contribution < -0.4 is 0 Å². The van der Waals surface area contributed by atoms with Gasteiger partial charge in [-0.25, -0.2) is 0 Å². The number of nitro groups is 1. The number of hydrogen-bond acceptors (Lipinski definition) is 3. The monoisotopic (exact) mass is 152 g/mol. The van der Waals surface area contributed by atoms with Gasteiger partial charge in [-0.15, -0.1) is 0 Å². The van der Waals surface area contributed by atoms with Crippen LogP contribution in [-0.4, -0.2) is 11.2 Å². The summed E-state index contributed by atoms with van der Waals surface area (Å²) in [5.74, 6) is 0. The molecule has 0 aromatic heterocycles. The maximum absolute atomic E-state index is 10.2. The second-order valence-electron chi connectivity index (χ2n) is 1.88. The second kappa shape index (κ2) is 2.92. The molecule has 0 spiro atoms. The minimum absolute atomic E-state index is 0.126. The van der Waals surface area contributed by atoms with Gasteiger partial charge >= 0.3 is 0 Å². The fourth-order valence-corrected chi connectivity index (χ4v) is 0.616. The predicted octanol–water partition coefficient (Wildman–Crippen LogP) is 1.41. The average molecular weight is 152 g/mol. The molecule has 0 saturated heterocycles. The van der Waals surface area contributed by atoms with Gasteiger partial charge in [0.2, 0.25) is 0 Å². The smallest absolute Gasteiger partial charge is 0.269 e. The van der Waals surface area contributed by atoms with Crippen LogP contribution in [-0.2, 0) is 0 Å². The van der Waals surface area contributed by atoms with Crippen molar-refractivity contribution in [3.8, 4) is 0 Å². The minimum Gasteiger partial charge on any atom is -0.298 e. The van der Waals surface area contributed by atoms with Gasteiger partial charge in [0, 0.05) is 17.7 Å². The first kappa shape index (κ1) is 6.03. The second-order valence-corrected chi connectivity index (χ2v) is 1.88. The molecule has 0 atom stereocenters. The van der Waals surface area contributed by atoms with E-state index in [-0.39, 0.29) is 17.3 Å². The zero-order chi connectivity index (χ0) is 9.14. The summed E-state index contributed by atoms with van der Waals surface area (Å²) < 4.78 is 7.17. The zero-order valence-electron chi connectivity index (χ0n) is 6.48. The van der Waals surface area contributed by atoms with E-state index in [1.807, 2.05) is 0 Å². The van der Waals surface area contributed by atoms with Crippen molar-refractivity contribution in [2.75, 3.05) is 0 Å². The lowest BCUT2D eigenvalue weighted by Gasteiger charge is -1.89. The first-order valence-electron chi connectivity index (χ1n) is 3.35. The van der Waals surface area contributed by atoms with E-state index in [0.717, 1.165) is 6.07 Å². The molecule has 0 aliphatic heterocycles. The summed E-state index contributed by atoms with van der Waals surface area (Å²) >= 11 is 0. The summed E-state index contributed by atoms with van der Waals surface area (Å²) in [7, 11) is 0. The number of carbonyl (C=O) groups excluding carboxylic acids is 1. The summed E-state index contributed by atoms with van der Waals surface area (Å²) in [6, 6.07) is 3.37. The third-order valence-electron chi connectivity index (χ3n) is 1.16. The quantitative estimate of drug-likeness (QED) is 0.365. The number of nitro benzene ring substituents is 1. The summed E-state index contributed by atoms with van der Waals surface area (Å²) in [6.45, 7) is 0. The van der Waals surface area contributed by atoms with Crippen LogP contribution in [0.3, 0.4) is 0 Å². The van der Waals surface area contributed by atoms with Gasteiger partial charge in [0.15, 0.2) is 0 Å². The standard InChI is InChI=1S/C7H5NO3/c9-5-6-1-3-7(4-2-6)8(10)11/h1-5H/i1D. The van der Waals surface area contributed by atoms with E-state index in [4.69, 9.17) is 1.37 Å². The molecule has 0 radical (unpaired) electrons. The van der Waals surface area contributed by atoms with Gasteiger partial charge in [-0.2, -0.15) is 0 Å². The highest BCUT2D eigenvalue weighted by Crippen LogP contribution is 2.09. The van der Waals surface area contributed by atoms with Crippen molar-refractivity contribution in [2.45, 2.75) is 0 Å². The number of aldehydes is 1. The topological polar surface area (TPSA) is 60.2 Å². The van der Waals surface area contributed by atoms with Gasteiger partial charge in [-0.05, 0) is 12.1 Å². The molecule has 4 nitrogen and oxygen atoms in total. The van der Waals surface area contributed by atoms with Gasteiger partial charge in [0.1, 0.15) is 6.29 Å². The van der Waals surface area contributed by atoms with Crippen molar-refractivity contribution < 1.29 is 11.1 Å². The van der Waals surface area contributed by atoms with E-state index in [1.165, 1.54) is 12.1 Å². The van der Waals surface area contributed by atoms with Gasteiger partial charge in [-0.3, -0.25) is 14.9 Å². The Morgan fingerprint density at radius 3 is 2.73 bits per heavy atom. The molecule has 1 aromatic rings. The molecule has 0 N–H and O–H groups in total. The normalized spacial score (nSPS) is 10.4. The molecule has 0 amide bonds. The molecule has 0 saturated carbocycles. The van der Waals surface area contributed by atoms with Crippen molar-refractivity contribution in [1.29, 1.82) is 0 Å². The van der Waals surface area contributed by atoms with E-state index in [2.05, 4.69) is 0 Å². The van der Waals surface area contributed by atoms with Gasteiger partial charge in [-0.1, -0.05) is 0 Å². The molecule has 0 aliphatic carbocycles. The molecule has 1 rings (SSSR count). The van der Waals surface area contributed by atoms with Crippen LogP contribution in [0.15, 0.2) is 24.2 Å². The summed E-state index contributed by atoms with van der Waals surface area (Å²) in [4.78, 5) is 19.8. The Balaban J connectivity index is 3.18. The van der Waals surface area contributed by atoms with Crippen LogP contribution in [0, 0.1) is 10.1 Å². The molecule has 4 heteroatoms. The van der Waals surface area contributed by atoms with Crippen molar-refractivity contribution >= 4 is 12.0 Å². The van der Waals surface area contributed by atoms with Crippen molar-refractivity contribution in [2.24, 2.45) is 0 Å². The summed E-state index contributed by atoms with van der Waals surface area (Å²) in [5.41, 5.74) is -0.0220. The Hall–Kier alpha value is -1.71. The Kier molecular flexibility index (Phi) is 1.60. The number of hydrogen-bond donors (Lipinski definition) is 0. The number of benzene rings is 1. The van der Waals surface area contributed by atoms with Gasteiger partial charge in [0.25, 0.3) is 5.69 Å². The third kappa shape index (κ3) is 1.61. The van der Waals surface area contributed by atoms with Crippen molar-refractivity contribution in [3.63, 3.8) is 0 Å². The molecular formula is C7H5NO3. The Labute approximate surface area is 64.0 Å². The third-order valence-corrected chi connectivity index (χ3v) is 1.16. The van der Waals surface area contributed by atoms with Crippen molar-refractivity contribution in [1.82, 2.24) is 0 Å². The molecule has 0 aliphatic rings. The minimum atomic E-state index is -0.605. The number of rotatable bonds is 2. The lowest BCUT2D eigenvalue weighted by Crippen LogP contribution is -1.87. The van der Waals surface area contributed by atoms with Crippen LogP contribution >= 0.6 is 0 Å². The van der Waals surface area contributed by atoms with Crippen molar-refractivity contribution in [3.05, 3.63) is 39.9 Å². The largest absolute Gasteiger partial charge is 0.298 e. The fourth-order valence-electron chi connectivity index (χ4n) is 0.616. The fraction of sp³-hybridized carbons (Fsp3) is 0. The number of nitrogens with zero attached hydrogens (tertiary/aromatic N) is 1. The van der Waals surface area contributed by atoms with E-state index >= 15 is 0 Å². The highest BCUT2D eigenvalue weighted by Gasteiger charge is 2.02. The highest BCUT2D eigenvalue weighted by molar-refractivity contribution is 5.75. The van der Waals surface area contributed by atoms with Crippen LogP contribution in [0.4, 0.5) is 5.69 Å².